The summed E-state index contributed by atoms with van der Waals surface area (Å²) in [6.45, 7) is 4.46. The number of halogens is 1. The molecule has 0 fully saturated rings. The van der Waals surface area contributed by atoms with E-state index in [0.717, 1.165) is 21.8 Å². The van der Waals surface area contributed by atoms with Gasteiger partial charge in [0.1, 0.15) is 0 Å². The average Bonchev–Trinajstić information content (AvgIpc) is 2.41. The third-order valence-corrected chi connectivity index (χ3v) is 3.63. The molecule has 2 aromatic rings. The van der Waals surface area contributed by atoms with Gasteiger partial charge in [0.05, 0.1) is 6.10 Å². The van der Waals surface area contributed by atoms with Crippen molar-refractivity contribution in [1.82, 2.24) is 0 Å². The standard InChI is InChI=1S/C16H18ClNO/c1-11-6-8-13(9-7-11)16(19)10-18-15-5-3-4-14(17)12(15)2/h3-9,16,18-19H,10H2,1-2H3. The monoisotopic (exact) mass is 275 g/mol. The average molecular weight is 276 g/mol. The van der Waals surface area contributed by atoms with E-state index in [2.05, 4.69) is 5.32 Å². The van der Waals surface area contributed by atoms with Gasteiger partial charge >= 0.3 is 0 Å². The van der Waals surface area contributed by atoms with Gasteiger partial charge in [-0.3, -0.25) is 0 Å². The van der Waals surface area contributed by atoms with Crippen molar-refractivity contribution in [3.8, 4) is 0 Å². The molecule has 100 valence electrons. The van der Waals surface area contributed by atoms with Crippen LogP contribution in [0.2, 0.25) is 5.02 Å². The first-order chi connectivity index (χ1) is 9.08. The van der Waals surface area contributed by atoms with E-state index in [4.69, 9.17) is 11.6 Å². The number of aliphatic hydroxyl groups excluding tert-OH is 1. The Balaban J connectivity index is 2.02. The smallest absolute Gasteiger partial charge is 0.0962 e. The zero-order valence-corrected chi connectivity index (χ0v) is 11.9. The Kier molecular flexibility index (Phi) is 4.46. The molecule has 0 radical (unpaired) electrons. The maximum atomic E-state index is 10.1. The van der Waals surface area contributed by atoms with E-state index >= 15 is 0 Å². The minimum Gasteiger partial charge on any atom is -0.387 e. The van der Waals surface area contributed by atoms with Crippen molar-refractivity contribution >= 4 is 17.3 Å². The molecule has 0 saturated heterocycles. The number of aliphatic hydroxyl groups is 1. The molecular formula is C16H18ClNO. The number of aryl methyl sites for hydroxylation is 1. The second-order valence-electron chi connectivity index (χ2n) is 4.72. The van der Waals surface area contributed by atoms with Gasteiger partial charge in [0.2, 0.25) is 0 Å². The van der Waals surface area contributed by atoms with Gasteiger partial charge in [-0.2, -0.15) is 0 Å². The van der Waals surface area contributed by atoms with Crippen LogP contribution in [0.5, 0.6) is 0 Å². The van der Waals surface area contributed by atoms with E-state index in [-0.39, 0.29) is 0 Å². The summed E-state index contributed by atoms with van der Waals surface area (Å²) >= 11 is 6.06. The molecule has 2 nitrogen and oxygen atoms in total. The number of hydrogen-bond acceptors (Lipinski definition) is 2. The zero-order chi connectivity index (χ0) is 13.8. The minimum atomic E-state index is -0.529. The summed E-state index contributed by atoms with van der Waals surface area (Å²) in [5, 5.41) is 14.1. The number of rotatable bonds is 4. The van der Waals surface area contributed by atoms with Crippen molar-refractivity contribution in [2.45, 2.75) is 20.0 Å². The first-order valence-corrected chi connectivity index (χ1v) is 6.69. The van der Waals surface area contributed by atoms with E-state index in [0.29, 0.717) is 6.54 Å². The van der Waals surface area contributed by atoms with Gasteiger partial charge in [0.25, 0.3) is 0 Å². The van der Waals surface area contributed by atoms with Crippen molar-refractivity contribution in [3.05, 3.63) is 64.2 Å². The van der Waals surface area contributed by atoms with Gasteiger partial charge < -0.3 is 10.4 Å². The fourth-order valence-electron chi connectivity index (χ4n) is 1.91. The molecule has 0 heterocycles. The van der Waals surface area contributed by atoms with Crippen molar-refractivity contribution in [3.63, 3.8) is 0 Å². The molecule has 19 heavy (non-hydrogen) atoms. The second-order valence-corrected chi connectivity index (χ2v) is 5.13. The quantitative estimate of drug-likeness (QED) is 0.880. The van der Waals surface area contributed by atoms with Gasteiger partial charge in [-0.05, 0) is 37.1 Å². The molecule has 2 aromatic carbocycles. The third-order valence-electron chi connectivity index (χ3n) is 3.22. The first kappa shape index (κ1) is 13.9. The van der Waals surface area contributed by atoms with Crippen molar-refractivity contribution in [1.29, 1.82) is 0 Å². The van der Waals surface area contributed by atoms with E-state index in [1.165, 1.54) is 5.56 Å². The maximum absolute atomic E-state index is 10.1. The van der Waals surface area contributed by atoms with Crippen LogP contribution in [-0.4, -0.2) is 11.7 Å². The number of benzene rings is 2. The molecule has 0 aromatic heterocycles. The minimum absolute atomic E-state index is 0.463. The Morgan fingerprint density at radius 3 is 2.47 bits per heavy atom. The predicted molar refractivity (Wildman–Crippen MR) is 80.8 cm³/mol. The third kappa shape index (κ3) is 3.49. The van der Waals surface area contributed by atoms with Crippen molar-refractivity contribution in [2.24, 2.45) is 0 Å². The Morgan fingerprint density at radius 2 is 1.79 bits per heavy atom. The summed E-state index contributed by atoms with van der Waals surface area (Å²) in [7, 11) is 0. The highest BCUT2D eigenvalue weighted by Crippen LogP contribution is 2.24. The van der Waals surface area contributed by atoms with Crippen LogP contribution in [0, 0.1) is 13.8 Å². The predicted octanol–water partition coefficient (Wildman–Crippen LogP) is 4.10. The van der Waals surface area contributed by atoms with Crippen LogP contribution in [0.25, 0.3) is 0 Å². The van der Waals surface area contributed by atoms with Crippen LogP contribution in [0.3, 0.4) is 0 Å². The highest BCUT2D eigenvalue weighted by molar-refractivity contribution is 6.31. The molecule has 0 aliphatic carbocycles. The highest BCUT2D eigenvalue weighted by atomic mass is 35.5. The van der Waals surface area contributed by atoms with Gasteiger partial charge in [-0.1, -0.05) is 47.5 Å². The summed E-state index contributed by atoms with van der Waals surface area (Å²) in [5.74, 6) is 0. The Labute approximate surface area is 119 Å². The van der Waals surface area contributed by atoms with E-state index in [9.17, 15) is 5.11 Å². The summed E-state index contributed by atoms with van der Waals surface area (Å²) in [4.78, 5) is 0. The van der Waals surface area contributed by atoms with Crippen LogP contribution < -0.4 is 5.32 Å². The lowest BCUT2D eigenvalue weighted by Gasteiger charge is -2.15. The number of hydrogen-bond donors (Lipinski definition) is 2. The second kappa shape index (κ2) is 6.09. The lowest BCUT2D eigenvalue weighted by Crippen LogP contribution is -2.12. The van der Waals surface area contributed by atoms with Gasteiger partial charge in [0, 0.05) is 17.3 Å². The molecule has 0 saturated carbocycles. The van der Waals surface area contributed by atoms with Gasteiger partial charge in [-0.25, -0.2) is 0 Å². The van der Waals surface area contributed by atoms with E-state index in [1.807, 2.05) is 56.3 Å². The Morgan fingerprint density at radius 1 is 1.11 bits per heavy atom. The van der Waals surface area contributed by atoms with Crippen LogP contribution in [-0.2, 0) is 0 Å². The molecule has 2 rings (SSSR count). The summed E-state index contributed by atoms with van der Waals surface area (Å²) in [6.07, 6.45) is -0.529. The SMILES string of the molecule is Cc1ccc(C(O)CNc2cccc(Cl)c2C)cc1. The Hall–Kier alpha value is -1.51. The summed E-state index contributed by atoms with van der Waals surface area (Å²) in [5.41, 5.74) is 4.06. The molecule has 1 atom stereocenters. The fourth-order valence-corrected chi connectivity index (χ4v) is 2.09. The van der Waals surface area contributed by atoms with Crippen molar-refractivity contribution in [2.75, 3.05) is 11.9 Å². The number of anilines is 1. The van der Waals surface area contributed by atoms with Gasteiger partial charge in [-0.15, -0.1) is 0 Å². The normalized spacial score (nSPS) is 12.2. The molecule has 2 N–H and O–H groups in total. The molecule has 0 aliphatic rings. The van der Waals surface area contributed by atoms with Crippen LogP contribution in [0.4, 0.5) is 5.69 Å². The lowest BCUT2D eigenvalue weighted by molar-refractivity contribution is 0.191. The fraction of sp³-hybridized carbons (Fsp3) is 0.250. The summed E-state index contributed by atoms with van der Waals surface area (Å²) < 4.78 is 0. The van der Waals surface area contributed by atoms with Crippen LogP contribution >= 0.6 is 11.6 Å². The van der Waals surface area contributed by atoms with Gasteiger partial charge in [0.15, 0.2) is 0 Å². The Bertz CT molecular complexity index is 551. The topological polar surface area (TPSA) is 32.3 Å². The molecule has 1 unspecified atom stereocenters. The van der Waals surface area contributed by atoms with E-state index in [1.54, 1.807) is 0 Å². The largest absolute Gasteiger partial charge is 0.387 e. The maximum Gasteiger partial charge on any atom is 0.0962 e. The van der Waals surface area contributed by atoms with Crippen LogP contribution in [0.15, 0.2) is 42.5 Å². The van der Waals surface area contributed by atoms with E-state index < -0.39 is 6.10 Å². The molecule has 0 aliphatic heterocycles. The molecule has 0 spiro atoms. The lowest BCUT2D eigenvalue weighted by atomic mass is 10.1. The molecule has 0 bridgehead atoms. The number of nitrogens with one attached hydrogen (secondary N) is 1. The summed E-state index contributed by atoms with van der Waals surface area (Å²) in [6, 6.07) is 13.6. The highest BCUT2D eigenvalue weighted by Gasteiger charge is 2.08. The van der Waals surface area contributed by atoms with Crippen LogP contribution in [0.1, 0.15) is 22.8 Å². The molecule has 0 amide bonds. The zero-order valence-electron chi connectivity index (χ0n) is 11.2. The molecule has 3 heteroatoms. The van der Waals surface area contributed by atoms with Crippen molar-refractivity contribution < 1.29 is 5.11 Å². The molecular weight excluding hydrogens is 258 g/mol. The first-order valence-electron chi connectivity index (χ1n) is 6.31.